The number of aryl methyl sites for hydroxylation is 1. The second kappa shape index (κ2) is 5.90. The van der Waals surface area contributed by atoms with Crippen molar-refractivity contribution >= 4 is 23.6 Å². The number of nitrogens with zero attached hydrogens (tertiary/aromatic N) is 2. The summed E-state index contributed by atoms with van der Waals surface area (Å²) in [7, 11) is 0. The average molecular weight is 341 g/mol. The lowest BCUT2D eigenvalue weighted by atomic mass is 10.1. The van der Waals surface area contributed by atoms with Crippen LogP contribution < -0.4 is 5.56 Å². The Bertz CT molecular complexity index is 871. The van der Waals surface area contributed by atoms with Crippen molar-refractivity contribution in [3.63, 3.8) is 0 Å². The van der Waals surface area contributed by atoms with E-state index >= 15 is 0 Å². The zero-order valence-electron chi connectivity index (χ0n) is 12.9. The van der Waals surface area contributed by atoms with E-state index in [1.807, 2.05) is 0 Å². The summed E-state index contributed by atoms with van der Waals surface area (Å²) in [5.74, 6) is -0.0223. The molecule has 0 bridgehead atoms. The van der Waals surface area contributed by atoms with Crippen molar-refractivity contribution in [1.29, 1.82) is 0 Å². The number of hydrogen-bond donors (Lipinski definition) is 1. The van der Waals surface area contributed by atoms with Crippen molar-refractivity contribution in [3.8, 4) is 0 Å². The van der Waals surface area contributed by atoms with E-state index in [4.69, 9.17) is 0 Å². The third kappa shape index (κ3) is 2.45. The van der Waals surface area contributed by atoms with Crippen molar-refractivity contribution < 1.29 is 9.59 Å². The maximum atomic E-state index is 12.3. The molecule has 2 aliphatic rings. The maximum absolute atomic E-state index is 12.3. The number of benzene rings is 1. The van der Waals surface area contributed by atoms with Gasteiger partial charge < -0.3 is 4.98 Å². The monoisotopic (exact) mass is 341 g/mol. The molecular formula is C17H15N3O3S. The molecule has 6 nitrogen and oxygen atoms in total. The summed E-state index contributed by atoms with van der Waals surface area (Å²) in [6, 6.07) is 6.84. The molecule has 0 saturated heterocycles. The topological polar surface area (TPSA) is 83.1 Å². The minimum absolute atomic E-state index is 0.0688. The molecule has 24 heavy (non-hydrogen) atoms. The molecule has 2 aromatic rings. The summed E-state index contributed by atoms with van der Waals surface area (Å²) in [6.45, 7) is 0.289. The molecule has 0 atom stereocenters. The first-order valence-electron chi connectivity index (χ1n) is 7.85. The summed E-state index contributed by atoms with van der Waals surface area (Å²) < 4.78 is 0. The quantitative estimate of drug-likeness (QED) is 0.519. The second-order valence-electron chi connectivity index (χ2n) is 5.81. The van der Waals surface area contributed by atoms with Crippen LogP contribution in [0.1, 0.15) is 38.4 Å². The summed E-state index contributed by atoms with van der Waals surface area (Å²) >= 11 is 1.36. The fourth-order valence-electron chi connectivity index (χ4n) is 3.16. The van der Waals surface area contributed by atoms with Crippen LogP contribution in [0.5, 0.6) is 0 Å². The zero-order valence-corrected chi connectivity index (χ0v) is 13.7. The molecule has 1 N–H and O–H groups in total. The number of nitrogens with one attached hydrogen (secondary N) is 1. The van der Waals surface area contributed by atoms with Crippen molar-refractivity contribution in [3.05, 3.63) is 57.0 Å². The zero-order chi connectivity index (χ0) is 16.7. The van der Waals surface area contributed by atoms with Gasteiger partial charge in [0.25, 0.3) is 17.4 Å². The van der Waals surface area contributed by atoms with Crippen LogP contribution in [0.3, 0.4) is 0 Å². The lowest BCUT2D eigenvalue weighted by molar-refractivity contribution is 0.0664. The highest BCUT2D eigenvalue weighted by atomic mass is 32.2. The number of imide groups is 1. The van der Waals surface area contributed by atoms with Gasteiger partial charge in [-0.05, 0) is 31.4 Å². The van der Waals surface area contributed by atoms with E-state index in [1.165, 1.54) is 16.7 Å². The molecule has 1 aliphatic carbocycles. The van der Waals surface area contributed by atoms with Crippen LogP contribution in [-0.4, -0.2) is 39.0 Å². The van der Waals surface area contributed by atoms with Crippen LogP contribution in [0.2, 0.25) is 0 Å². The second-order valence-corrected chi connectivity index (χ2v) is 6.89. The number of amides is 2. The molecular weight excluding hydrogens is 326 g/mol. The van der Waals surface area contributed by atoms with Crippen LogP contribution in [-0.2, 0) is 12.8 Å². The van der Waals surface area contributed by atoms with Gasteiger partial charge in [0.15, 0.2) is 5.16 Å². The van der Waals surface area contributed by atoms with E-state index in [0.29, 0.717) is 22.0 Å². The predicted octanol–water partition coefficient (Wildman–Crippen LogP) is 1.65. The first-order chi connectivity index (χ1) is 11.6. The molecule has 1 aromatic carbocycles. The number of carbonyl (C=O) groups excluding carboxylic acids is 2. The Morgan fingerprint density at radius 3 is 2.50 bits per heavy atom. The molecule has 2 amide bonds. The van der Waals surface area contributed by atoms with Crippen LogP contribution in [0, 0.1) is 0 Å². The van der Waals surface area contributed by atoms with E-state index in [0.717, 1.165) is 30.5 Å². The lowest BCUT2D eigenvalue weighted by Gasteiger charge is -2.13. The van der Waals surface area contributed by atoms with Crippen molar-refractivity contribution in [1.82, 2.24) is 14.9 Å². The number of rotatable bonds is 4. The van der Waals surface area contributed by atoms with E-state index in [9.17, 15) is 14.4 Å². The van der Waals surface area contributed by atoms with Gasteiger partial charge in [-0.15, -0.1) is 0 Å². The highest BCUT2D eigenvalue weighted by molar-refractivity contribution is 7.99. The molecule has 1 aromatic heterocycles. The number of hydrogen-bond acceptors (Lipinski definition) is 5. The molecule has 0 fully saturated rings. The normalized spacial score (nSPS) is 15.8. The predicted molar refractivity (Wildman–Crippen MR) is 89.4 cm³/mol. The standard InChI is InChI=1S/C17H15N3O3S/c21-14-12-6-3-7-13(12)18-17(19-14)24-9-8-20-15(22)10-4-1-2-5-11(10)16(20)23/h1-2,4-5H,3,6-9H2,(H,18,19,21). The SMILES string of the molecule is O=C1c2ccccc2C(=O)N1CCSc1nc2c(c(=O)[nH]1)CCC2. The van der Waals surface area contributed by atoms with Crippen LogP contribution in [0.25, 0.3) is 0 Å². The molecule has 7 heteroatoms. The average Bonchev–Trinajstić information content (AvgIpc) is 3.14. The van der Waals surface area contributed by atoms with Gasteiger partial charge in [-0.25, -0.2) is 4.98 Å². The molecule has 122 valence electrons. The number of aromatic nitrogens is 2. The highest BCUT2D eigenvalue weighted by Crippen LogP contribution is 2.24. The highest BCUT2D eigenvalue weighted by Gasteiger charge is 2.34. The van der Waals surface area contributed by atoms with Gasteiger partial charge >= 0.3 is 0 Å². The Balaban J connectivity index is 1.44. The Labute approximate surface area is 142 Å². The largest absolute Gasteiger partial charge is 0.301 e. The van der Waals surface area contributed by atoms with E-state index in [2.05, 4.69) is 9.97 Å². The van der Waals surface area contributed by atoms with Crippen molar-refractivity contribution in [2.75, 3.05) is 12.3 Å². The first kappa shape index (κ1) is 15.1. The summed E-state index contributed by atoms with van der Waals surface area (Å²) in [5.41, 5.74) is 2.51. The van der Waals surface area contributed by atoms with Gasteiger partial charge in [-0.3, -0.25) is 19.3 Å². The lowest BCUT2D eigenvalue weighted by Crippen LogP contribution is -2.31. The molecule has 0 radical (unpaired) electrons. The molecule has 0 saturated carbocycles. The molecule has 1 aliphatic heterocycles. The van der Waals surface area contributed by atoms with Crippen LogP contribution in [0.15, 0.2) is 34.2 Å². The van der Waals surface area contributed by atoms with E-state index in [-0.39, 0.29) is 23.9 Å². The number of H-pyrrole nitrogens is 1. The van der Waals surface area contributed by atoms with Gasteiger partial charge in [-0.2, -0.15) is 0 Å². The Morgan fingerprint density at radius 2 is 1.79 bits per heavy atom. The van der Waals surface area contributed by atoms with Crippen molar-refractivity contribution in [2.24, 2.45) is 0 Å². The summed E-state index contributed by atoms with van der Waals surface area (Å²) in [6.07, 6.45) is 2.59. The number of thioether (sulfide) groups is 1. The summed E-state index contributed by atoms with van der Waals surface area (Å²) in [5, 5.41) is 0.553. The molecule has 2 heterocycles. The molecule has 0 unspecified atom stereocenters. The van der Waals surface area contributed by atoms with Gasteiger partial charge in [0.2, 0.25) is 0 Å². The Morgan fingerprint density at radius 1 is 1.08 bits per heavy atom. The fraction of sp³-hybridized carbons (Fsp3) is 0.294. The number of fused-ring (bicyclic) bond motifs is 2. The Hall–Kier alpha value is -2.41. The number of aromatic amines is 1. The van der Waals surface area contributed by atoms with E-state index < -0.39 is 0 Å². The van der Waals surface area contributed by atoms with Crippen LogP contribution >= 0.6 is 11.8 Å². The number of carbonyl (C=O) groups is 2. The molecule has 0 spiro atoms. The third-order valence-corrected chi connectivity index (χ3v) is 5.21. The van der Waals surface area contributed by atoms with Crippen molar-refractivity contribution in [2.45, 2.75) is 24.4 Å². The smallest absolute Gasteiger partial charge is 0.261 e. The van der Waals surface area contributed by atoms with Gasteiger partial charge in [0.1, 0.15) is 0 Å². The minimum atomic E-state index is -0.258. The first-order valence-corrected chi connectivity index (χ1v) is 8.84. The maximum Gasteiger partial charge on any atom is 0.261 e. The van der Waals surface area contributed by atoms with Crippen LogP contribution in [0.4, 0.5) is 0 Å². The third-order valence-electron chi connectivity index (χ3n) is 4.35. The minimum Gasteiger partial charge on any atom is -0.301 e. The van der Waals surface area contributed by atoms with Gasteiger partial charge in [0, 0.05) is 17.9 Å². The Kier molecular flexibility index (Phi) is 3.72. The van der Waals surface area contributed by atoms with Gasteiger partial charge in [-0.1, -0.05) is 23.9 Å². The van der Waals surface area contributed by atoms with Gasteiger partial charge in [0.05, 0.1) is 16.8 Å². The van der Waals surface area contributed by atoms with E-state index in [1.54, 1.807) is 24.3 Å². The fourth-order valence-corrected chi connectivity index (χ4v) is 3.97. The molecule has 4 rings (SSSR count). The summed E-state index contributed by atoms with van der Waals surface area (Å²) in [4.78, 5) is 45.0.